The molecule has 5 rings (SSSR count). The van der Waals surface area contributed by atoms with E-state index in [4.69, 9.17) is 4.74 Å². The van der Waals surface area contributed by atoms with Crippen molar-refractivity contribution in [2.45, 2.75) is 43.6 Å². The van der Waals surface area contributed by atoms with Crippen molar-refractivity contribution in [3.05, 3.63) is 42.0 Å². The number of amides is 1. The van der Waals surface area contributed by atoms with E-state index in [0.717, 1.165) is 30.5 Å². The molecule has 1 aromatic rings. The normalized spacial score (nSPS) is 43.2. The van der Waals surface area contributed by atoms with E-state index in [-0.39, 0.29) is 29.1 Å². The Hall–Kier alpha value is -1.94. The summed E-state index contributed by atoms with van der Waals surface area (Å²) in [6.45, 7) is 2.26. The van der Waals surface area contributed by atoms with Crippen molar-refractivity contribution < 1.29 is 14.3 Å². The Kier molecular flexibility index (Phi) is 3.31. The molecule has 6 atom stereocenters. The van der Waals surface area contributed by atoms with E-state index in [2.05, 4.69) is 18.3 Å². The smallest absolute Gasteiger partial charge is 0.235 e. The Morgan fingerprint density at radius 3 is 2.81 bits per heavy atom. The molecule has 0 bridgehead atoms. The average molecular weight is 351 g/mol. The first-order valence-corrected chi connectivity index (χ1v) is 9.70. The number of carbonyl (C=O) groups excluding carboxylic acids is 2. The molecule has 1 aromatic carbocycles. The van der Waals surface area contributed by atoms with Crippen LogP contribution < -0.4 is 5.32 Å². The first-order valence-electron chi connectivity index (χ1n) is 9.70. The number of rotatable bonds is 1. The Bertz CT molecular complexity index is 830. The maximum Gasteiger partial charge on any atom is 0.235 e. The van der Waals surface area contributed by atoms with Gasteiger partial charge in [0, 0.05) is 25.1 Å². The SMILES string of the molecule is CO[C@]12C=CC(=O)C[C@H]1C1C(C)C[C@@]3(C(=O)Nc4ccccc43)[C@@H]1CC2. The van der Waals surface area contributed by atoms with Crippen LogP contribution in [0, 0.1) is 23.7 Å². The second kappa shape index (κ2) is 5.29. The van der Waals surface area contributed by atoms with Gasteiger partial charge in [0.25, 0.3) is 0 Å². The lowest BCUT2D eigenvalue weighted by Crippen LogP contribution is -2.53. The van der Waals surface area contributed by atoms with Crippen LogP contribution in [-0.4, -0.2) is 24.4 Å². The van der Waals surface area contributed by atoms with Gasteiger partial charge in [0.05, 0.1) is 11.0 Å². The molecule has 1 spiro atoms. The molecule has 4 heteroatoms. The molecule has 4 nitrogen and oxygen atoms in total. The van der Waals surface area contributed by atoms with Gasteiger partial charge in [-0.2, -0.15) is 0 Å². The summed E-state index contributed by atoms with van der Waals surface area (Å²) < 4.78 is 6.00. The van der Waals surface area contributed by atoms with Gasteiger partial charge in [0.2, 0.25) is 5.91 Å². The summed E-state index contributed by atoms with van der Waals surface area (Å²) in [5.41, 5.74) is 1.34. The van der Waals surface area contributed by atoms with E-state index >= 15 is 0 Å². The van der Waals surface area contributed by atoms with Crippen LogP contribution in [0.15, 0.2) is 36.4 Å². The van der Waals surface area contributed by atoms with E-state index < -0.39 is 5.41 Å². The molecule has 0 aromatic heterocycles. The summed E-state index contributed by atoms with van der Waals surface area (Å²) in [6.07, 6.45) is 6.94. The molecule has 1 heterocycles. The number of methoxy groups -OCH3 is 1. The van der Waals surface area contributed by atoms with E-state index in [1.165, 1.54) is 0 Å². The number of nitrogens with one attached hydrogen (secondary N) is 1. The Morgan fingerprint density at radius 2 is 2.00 bits per heavy atom. The number of ether oxygens (including phenoxy) is 1. The van der Waals surface area contributed by atoms with Crippen molar-refractivity contribution in [1.29, 1.82) is 0 Å². The van der Waals surface area contributed by atoms with Crippen LogP contribution in [0.2, 0.25) is 0 Å². The summed E-state index contributed by atoms with van der Waals surface area (Å²) in [5, 5.41) is 3.14. The lowest BCUT2D eigenvalue weighted by atomic mass is 9.56. The highest BCUT2D eigenvalue weighted by molar-refractivity contribution is 6.07. The number of hydrogen-bond acceptors (Lipinski definition) is 3. The van der Waals surface area contributed by atoms with Crippen molar-refractivity contribution in [3.63, 3.8) is 0 Å². The number of carbonyl (C=O) groups is 2. The molecule has 1 aliphatic heterocycles. The molecule has 0 radical (unpaired) electrons. The van der Waals surface area contributed by atoms with Crippen molar-refractivity contribution in [2.24, 2.45) is 23.7 Å². The van der Waals surface area contributed by atoms with Crippen LogP contribution in [0.4, 0.5) is 5.69 Å². The van der Waals surface area contributed by atoms with E-state index in [0.29, 0.717) is 18.3 Å². The van der Waals surface area contributed by atoms with Crippen LogP contribution in [0.5, 0.6) is 0 Å². The van der Waals surface area contributed by atoms with Gasteiger partial charge in [-0.3, -0.25) is 9.59 Å². The van der Waals surface area contributed by atoms with Gasteiger partial charge in [-0.15, -0.1) is 0 Å². The monoisotopic (exact) mass is 351 g/mol. The van der Waals surface area contributed by atoms with Gasteiger partial charge in [-0.25, -0.2) is 0 Å². The predicted molar refractivity (Wildman–Crippen MR) is 98.7 cm³/mol. The lowest BCUT2D eigenvalue weighted by molar-refractivity contribution is -0.133. The van der Waals surface area contributed by atoms with Gasteiger partial charge in [-0.05, 0) is 60.8 Å². The maximum atomic E-state index is 13.2. The fraction of sp³-hybridized carbons (Fsp3) is 0.545. The minimum absolute atomic E-state index is 0.153. The number of fused-ring (bicyclic) bond motifs is 6. The molecule has 1 amide bonds. The quantitative estimate of drug-likeness (QED) is 0.843. The van der Waals surface area contributed by atoms with E-state index in [1.807, 2.05) is 24.3 Å². The predicted octanol–water partition coefficient (Wildman–Crippen LogP) is 3.47. The van der Waals surface area contributed by atoms with Gasteiger partial charge in [-0.1, -0.05) is 25.1 Å². The first-order chi connectivity index (χ1) is 12.5. The largest absolute Gasteiger partial charge is 0.374 e. The zero-order valence-electron chi connectivity index (χ0n) is 15.3. The number of anilines is 1. The highest BCUT2D eigenvalue weighted by Crippen LogP contribution is 2.64. The molecule has 136 valence electrons. The zero-order valence-corrected chi connectivity index (χ0v) is 15.3. The van der Waals surface area contributed by atoms with Gasteiger partial charge in [0.1, 0.15) is 0 Å². The topological polar surface area (TPSA) is 55.4 Å². The van der Waals surface area contributed by atoms with Crippen LogP contribution in [-0.2, 0) is 19.7 Å². The van der Waals surface area contributed by atoms with Gasteiger partial charge in [0.15, 0.2) is 5.78 Å². The summed E-state index contributed by atoms with van der Waals surface area (Å²) in [6, 6.07) is 8.14. The highest BCUT2D eigenvalue weighted by Gasteiger charge is 2.66. The fourth-order valence-corrected chi connectivity index (χ4v) is 6.79. The third-order valence-electron chi connectivity index (χ3n) is 7.75. The molecular weight excluding hydrogens is 326 g/mol. The molecule has 1 N–H and O–H groups in total. The fourth-order valence-electron chi connectivity index (χ4n) is 6.79. The molecule has 2 unspecified atom stereocenters. The molecule has 4 aliphatic rings. The Labute approximate surface area is 154 Å². The molecular formula is C22H25NO3. The number of allylic oxidation sites excluding steroid dienone is 1. The summed E-state index contributed by atoms with van der Waals surface area (Å²) in [4.78, 5) is 25.4. The zero-order chi connectivity index (χ0) is 18.1. The van der Waals surface area contributed by atoms with E-state index in [1.54, 1.807) is 13.2 Å². The third kappa shape index (κ3) is 1.83. The maximum absolute atomic E-state index is 13.2. The van der Waals surface area contributed by atoms with E-state index in [9.17, 15) is 9.59 Å². The summed E-state index contributed by atoms with van der Waals surface area (Å²) in [5.74, 6) is 1.49. The van der Waals surface area contributed by atoms with Gasteiger partial charge >= 0.3 is 0 Å². The minimum Gasteiger partial charge on any atom is -0.374 e. The lowest BCUT2D eigenvalue weighted by Gasteiger charge is -2.51. The number of benzene rings is 1. The second-order valence-corrected chi connectivity index (χ2v) is 8.64. The first kappa shape index (κ1) is 16.2. The molecule has 0 saturated heterocycles. The van der Waals surface area contributed by atoms with Crippen LogP contribution in [0.3, 0.4) is 0 Å². The van der Waals surface area contributed by atoms with Crippen molar-refractivity contribution >= 4 is 17.4 Å². The average Bonchev–Trinajstić information content (AvgIpc) is 3.10. The number of para-hydroxylation sites is 1. The molecule has 2 fully saturated rings. The van der Waals surface area contributed by atoms with Crippen molar-refractivity contribution in [1.82, 2.24) is 0 Å². The summed E-state index contributed by atoms with van der Waals surface area (Å²) >= 11 is 0. The van der Waals surface area contributed by atoms with Crippen molar-refractivity contribution in [2.75, 3.05) is 12.4 Å². The van der Waals surface area contributed by atoms with Gasteiger partial charge < -0.3 is 10.1 Å². The molecule has 2 saturated carbocycles. The molecule has 26 heavy (non-hydrogen) atoms. The van der Waals surface area contributed by atoms with Crippen molar-refractivity contribution in [3.8, 4) is 0 Å². The summed E-state index contributed by atoms with van der Waals surface area (Å²) in [7, 11) is 1.76. The standard InChI is InChI=1S/C22H25NO3/c1-13-12-22(15-5-3-4-6-18(15)23-20(22)25)16-8-10-21(26-2)9-7-14(24)11-17(21)19(13)16/h3-7,9,13,16-17,19H,8,10-12H2,1-2H3,(H,23,25)/t13?,16-,17+,19?,21+,22+/m1/s1. The van der Waals surface area contributed by atoms with Crippen LogP contribution in [0.25, 0.3) is 0 Å². The van der Waals surface area contributed by atoms with Crippen LogP contribution >= 0.6 is 0 Å². The third-order valence-corrected chi connectivity index (χ3v) is 7.75. The minimum atomic E-state index is -0.440. The second-order valence-electron chi connectivity index (χ2n) is 8.64. The number of ketones is 1. The Balaban J connectivity index is 1.63. The molecule has 3 aliphatic carbocycles. The Morgan fingerprint density at radius 1 is 1.19 bits per heavy atom. The number of hydrogen-bond donors (Lipinski definition) is 1. The van der Waals surface area contributed by atoms with Crippen LogP contribution in [0.1, 0.15) is 38.2 Å². The highest BCUT2D eigenvalue weighted by atomic mass is 16.5.